The molecule has 4 amide bonds. The maximum Gasteiger partial charge on any atom is 0.337 e. The van der Waals surface area contributed by atoms with Crippen LogP contribution in [-0.4, -0.2) is 145 Å². The third-order valence-corrected chi connectivity index (χ3v) is 15.3. The number of imide groups is 1. The zero-order valence-corrected chi connectivity index (χ0v) is 52.4. The van der Waals surface area contributed by atoms with E-state index >= 15 is 0 Å². The molecule has 5 aromatic carbocycles. The molecule has 5 aromatic rings. The number of carbonyl (C=O) groups excluding carboxylic acids is 4. The second-order valence-corrected chi connectivity index (χ2v) is 22.4. The van der Waals surface area contributed by atoms with E-state index in [-0.39, 0.29) is 114 Å². The van der Waals surface area contributed by atoms with Crippen molar-refractivity contribution < 1.29 is 68.0 Å². The SMILES string of the molecule is CCN=C=NCCCN(C)C.CN(C)c1ccc2c(-c3c(Cl)cc(C(=O)NCc4ccc(C(=O)NCc5c(O)ccc6c(-c7cc(C(=O)O)ccc7C(=O)O)c7ccc(=O)cc-7oc56)cc4)c(Cl)c3C(=O)O)c3ccc(=[N+](C)C)cc-3oc2c1.O=C1CCC(=O)N1O. The number of nitrogens with one attached hydrogen (secondary N) is 2. The molecule has 0 aromatic heterocycles. The first-order chi connectivity index (χ1) is 43.8. The van der Waals surface area contributed by atoms with Crippen LogP contribution in [0.15, 0.2) is 139 Å². The Hall–Kier alpha value is -10.6. The molecule has 1 saturated heterocycles. The number of hydroxylamine groups is 2. The number of carbonyl (C=O) groups is 7. The number of carboxylic acid groups (broad SMARTS) is 3. The van der Waals surface area contributed by atoms with Crippen molar-refractivity contribution in [3.63, 3.8) is 0 Å². The smallest absolute Gasteiger partial charge is 0.337 e. The van der Waals surface area contributed by atoms with Crippen molar-refractivity contribution in [3.8, 4) is 50.7 Å². The number of rotatable bonds is 17. The van der Waals surface area contributed by atoms with Crippen LogP contribution in [-0.2, 0) is 22.7 Å². The summed E-state index contributed by atoms with van der Waals surface area (Å²) in [5.74, 6) is -6.19. The van der Waals surface area contributed by atoms with Gasteiger partial charge in [-0.15, -0.1) is 0 Å². The van der Waals surface area contributed by atoms with Crippen molar-refractivity contribution in [3.05, 3.63) is 180 Å². The lowest BCUT2D eigenvalue weighted by atomic mass is 9.89. The Morgan fingerprint density at radius 3 is 1.93 bits per heavy atom. The van der Waals surface area contributed by atoms with Crippen LogP contribution in [0.25, 0.3) is 66.8 Å². The zero-order chi connectivity index (χ0) is 66.8. The second kappa shape index (κ2) is 29.4. The number of phenols is 1. The minimum Gasteiger partial charge on any atom is -0.507 e. The summed E-state index contributed by atoms with van der Waals surface area (Å²) in [5, 5.41) is 57.0. The first-order valence-electron chi connectivity index (χ1n) is 28.5. The average molecular weight is 1290 g/mol. The number of hydrogen-bond donors (Lipinski definition) is 7. The van der Waals surface area contributed by atoms with Gasteiger partial charge in [-0.2, -0.15) is 5.06 Å². The molecule has 0 spiro atoms. The van der Waals surface area contributed by atoms with Gasteiger partial charge in [-0.05, 0) is 124 Å². The number of aliphatic imine (C=N–C) groups is 2. The molecule has 3 heterocycles. The highest BCUT2D eigenvalue weighted by molar-refractivity contribution is 6.41. The Bertz CT molecular complexity index is 4530. The predicted molar refractivity (Wildman–Crippen MR) is 347 cm³/mol. The second-order valence-electron chi connectivity index (χ2n) is 21.6. The van der Waals surface area contributed by atoms with E-state index in [4.69, 9.17) is 37.2 Å². The van der Waals surface area contributed by atoms with Gasteiger partial charge in [-0.3, -0.25) is 29.2 Å². The summed E-state index contributed by atoms with van der Waals surface area (Å²) in [4.78, 5) is 110. The molecular weight excluding hydrogens is 1230 g/mol. The maximum absolute atomic E-state index is 13.8. The predicted octanol–water partition coefficient (Wildman–Crippen LogP) is 9.80. The fraction of sp³-hybridized carbons (Fsp3) is 0.224. The van der Waals surface area contributed by atoms with Crippen molar-refractivity contribution in [1.29, 1.82) is 0 Å². The zero-order valence-electron chi connectivity index (χ0n) is 50.9. The number of phenolic OH excluding ortho intramolecular Hbond substituents is 1. The Morgan fingerprint density at radius 2 is 1.32 bits per heavy atom. The number of hydrogen-bond acceptors (Lipinski definition) is 16. The Balaban J connectivity index is 0.000000493. The van der Waals surface area contributed by atoms with Crippen LogP contribution in [0, 0.1) is 0 Å². The molecule has 474 valence electrons. The lowest BCUT2D eigenvalue weighted by Gasteiger charge is -2.21. The molecule has 0 atom stereocenters. The van der Waals surface area contributed by atoms with E-state index in [1.807, 2.05) is 81.0 Å². The minimum atomic E-state index is -1.42. The number of fused-ring (bicyclic) bond motifs is 4. The minimum absolute atomic E-state index is 0.00140. The van der Waals surface area contributed by atoms with E-state index in [2.05, 4.69) is 45.6 Å². The first kappa shape index (κ1) is 67.4. The van der Waals surface area contributed by atoms with Crippen LogP contribution in [0.2, 0.25) is 10.0 Å². The summed E-state index contributed by atoms with van der Waals surface area (Å²) in [6, 6.07) is 31.4. The number of benzene rings is 7. The molecule has 92 heavy (non-hydrogen) atoms. The van der Waals surface area contributed by atoms with Gasteiger partial charge in [0.25, 0.3) is 23.6 Å². The molecule has 1 fully saturated rings. The van der Waals surface area contributed by atoms with Gasteiger partial charge in [-0.25, -0.2) is 28.9 Å². The highest BCUT2D eigenvalue weighted by Crippen LogP contribution is 2.48. The molecule has 2 aliphatic carbocycles. The summed E-state index contributed by atoms with van der Waals surface area (Å²) in [7, 11) is 11.7. The standard InChI is InChI=1S/C55H40Cl2N4O12.C8H17N3.C4H5NO3/c1-60(2)29-10-14-34-42(20-29)72-43-21-30(61(3)4)11-15-35(43)46(34)47-40(56)23-38(49(57)48(47)55(70)71)52(65)58-24-26-5-7-27(8-6-26)51(64)59-25-39-41(63)18-17-36-45(33-16-12-31(62)22-44(33)73-50(36)39)37-19-28(53(66)67)9-13-32(37)54(68)69;1-4-9-8-10-6-5-7-11(2)3;6-3-1-2-4(7)5(3)8/h5-23H,24-25H2,1-4H3,(H5-,58,59,62,63,64,65,66,67,68,69,70,71);4-7H2,1-3H3;8H,1-2H2/p+1. The van der Waals surface area contributed by atoms with Gasteiger partial charge in [0, 0.05) is 108 Å². The number of aromatic hydroxyl groups is 1. The maximum atomic E-state index is 13.8. The summed E-state index contributed by atoms with van der Waals surface area (Å²) >= 11 is 13.9. The Morgan fingerprint density at radius 1 is 0.663 bits per heavy atom. The number of nitrogens with zero attached hydrogens (tertiary/aromatic N) is 6. The van der Waals surface area contributed by atoms with Gasteiger partial charge in [0.1, 0.15) is 42.5 Å². The van der Waals surface area contributed by atoms with Gasteiger partial charge in [0.15, 0.2) is 5.43 Å². The third-order valence-electron chi connectivity index (χ3n) is 14.6. The summed E-state index contributed by atoms with van der Waals surface area (Å²) in [6.45, 7) is 4.29. The lowest BCUT2D eigenvalue weighted by Crippen LogP contribution is -2.25. The number of aromatic carboxylic acids is 3. The summed E-state index contributed by atoms with van der Waals surface area (Å²) in [6.07, 6.45) is 1.38. The highest BCUT2D eigenvalue weighted by atomic mass is 35.5. The van der Waals surface area contributed by atoms with Gasteiger partial charge in [-0.1, -0.05) is 35.3 Å². The third kappa shape index (κ3) is 15.2. The van der Waals surface area contributed by atoms with E-state index in [9.17, 15) is 58.8 Å². The molecule has 3 aliphatic heterocycles. The molecule has 0 bridgehead atoms. The van der Waals surface area contributed by atoms with Crippen LogP contribution >= 0.6 is 23.2 Å². The molecular formula is C67H63Cl2N8O15+. The van der Waals surface area contributed by atoms with E-state index in [1.165, 1.54) is 60.7 Å². The molecule has 5 aliphatic rings. The van der Waals surface area contributed by atoms with E-state index in [0.29, 0.717) is 39.0 Å². The van der Waals surface area contributed by atoms with E-state index < -0.39 is 47.0 Å². The fourth-order valence-electron chi connectivity index (χ4n) is 9.96. The normalized spacial score (nSPS) is 11.8. The summed E-state index contributed by atoms with van der Waals surface area (Å²) in [5.41, 5.74) is 2.34. The van der Waals surface area contributed by atoms with E-state index in [1.54, 1.807) is 12.1 Å². The van der Waals surface area contributed by atoms with Crippen LogP contribution in [0.1, 0.15) is 89.1 Å². The summed E-state index contributed by atoms with van der Waals surface area (Å²) < 4.78 is 14.5. The molecule has 0 saturated carbocycles. The Labute approximate surface area is 535 Å². The van der Waals surface area contributed by atoms with Crippen LogP contribution in [0.3, 0.4) is 0 Å². The monoisotopic (exact) mass is 1290 g/mol. The lowest BCUT2D eigenvalue weighted by molar-refractivity contribution is -0.171. The van der Waals surface area contributed by atoms with Crippen molar-refractivity contribution in [2.45, 2.75) is 39.3 Å². The van der Waals surface area contributed by atoms with Gasteiger partial charge >= 0.3 is 17.9 Å². The molecule has 10 rings (SSSR count). The van der Waals surface area contributed by atoms with Gasteiger partial charge in [0.2, 0.25) is 5.36 Å². The fourth-order valence-corrected chi connectivity index (χ4v) is 10.6. The van der Waals surface area contributed by atoms with Crippen LogP contribution < -0.4 is 30.9 Å². The molecule has 25 heteroatoms. The highest BCUT2D eigenvalue weighted by Gasteiger charge is 2.31. The van der Waals surface area contributed by atoms with E-state index in [0.717, 1.165) is 43.2 Å². The van der Waals surface area contributed by atoms with Crippen molar-refractivity contribution in [2.75, 3.05) is 66.8 Å². The van der Waals surface area contributed by atoms with Gasteiger partial charge < -0.3 is 49.7 Å². The first-order valence-corrected chi connectivity index (χ1v) is 29.2. The van der Waals surface area contributed by atoms with Crippen molar-refractivity contribution in [1.82, 2.24) is 25.2 Å². The molecule has 23 nitrogen and oxygen atoms in total. The Kier molecular flexibility index (Phi) is 21.5. The van der Waals surface area contributed by atoms with Crippen LogP contribution in [0.5, 0.6) is 5.75 Å². The molecule has 0 unspecified atom stereocenters. The topological polar surface area (TPSA) is 326 Å². The molecule has 7 N–H and O–H groups in total. The van der Waals surface area contributed by atoms with Crippen molar-refractivity contribution in [2.24, 2.45) is 9.98 Å². The number of carboxylic acids is 3. The quantitative estimate of drug-likeness (QED) is 0.0111. The largest absolute Gasteiger partial charge is 0.507 e. The van der Waals surface area contributed by atoms with Crippen LogP contribution in [0.4, 0.5) is 5.69 Å². The van der Waals surface area contributed by atoms with Crippen molar-refractivity contribution >= 4 is 98.4 Å². The number of amides is 4. The molecule has 0 radical (unpaired) electrons. The number of anilines is 1. The number of halogens is 2. The average Bonchev–Trinajstić information content (AvgIpc) is 1.13. The van der Waals surface area contributed by atoms with Gasteiger partial charge in [0.05, 0.1) is 63.0 Å².